The summed E-state index contributed by atoms with van der Waals surface area (Å²) in [7, 11) is 0. The maximum atomic E-state index is 12.1. The molecule has 0 aliphatic carbocycles. The number of aromatic nitrogens is 1. The van der Waals surface area contributed by atoms with Crippen molar-refractivity contribution in [3.8, 4) is 0 Å². The number of nitro benzene ring substituents is 1. The number of amides is 1. The van der Waals surface area contributed by atoms with Crippen molar-refractivity contribution in [1.29, 1.82) is 0 Å². The van der Waals surface area contributed by atoms with Crippen LogP contribution in [0.3, 0.4) is 0 Å². The van der Waals surface area contributed by atoms with Crippen LogP contribution in [0.4, 0.5) is 11.4 Å². The summed E-state index contributed by atoms with van der Waals surface area (Å²) in [5, 5.41) is 13.4. The van der Waals surface area contributed by atoms with Crippen LogP contribution >= 0.6 is 0 Å². The Labute approximate surface area is 115 Å². The number of anilines is 1. The molecule has 1 unspecified atom stereocenters. The largest absolute Gasteiger partial charge is 0.320 e. The first-order valence-electron chi connectivity index (χ1n) is 6.09. The number of benzene rings is 1. The summed E-state index contributed by atoms with van der Waals surface area (Å²) in [5.41, 5.74) is 0.357. The van der Waals surface area contributed by atoms with Crippen molar-refractivity contribution in [2.75, 3.05) is 5.32 Å². The van der Waals surface area contributed by atoms with Crippen molar-refractivity contribution >= 4 is 17.3 Å². The lowest BCUT2D eigenvalue weighted by Crippen LogP contribution is -2.43. The molecule has 0 aliphatic rings. The molecule has 0 saturated heterocycles. The minimum Gasteiger partial charge on any atom is -0.320 e. The van der Waals surface area contributed by atoms with Gasteiger partial charge in [-0.2, -0.15) is 4.57 Å². The first-order chi connectivity index (χ1) is 9.58. The fraction of sp³-hybridized carbons (Fsp3) is 0.143. The molecule has 0 bridgehead atoms. The normalized spacial score (nSPS) is 11.7. The molecule has 2 aromatic rings. The van der Waals surface area contributed by atoms with Crippen LogP contribution in [0.25, 0.3) is 0 Å². The second-order valence-electron chi connectivity index (χ2n) is 4.30. The van der Waals surface area contributed by atoms with Gasteiger partial charge in [-0.15, -0.1) is 0 Å². The minimum absolute atomic E-state index is 0.0529. The minimum atomic E-state index is -0.495. The first kappa shape index (κ1) is 13.7. The summed E-state index contributed by atoms with van der Waals surface area (Å²) in [6.07, 6.45) is 3.58. The molecular formula is C14H14N3O3+. The zero-order valence-corrected chi connectivity index (χ0v) is 10.9. The molecule has 1 N–H and O–H groups in total. The van der Waals surface area contributed by atoms with Crippen molar-refractivity contribution in [2.24, 2.45) is 0 Å². The molecule has 2 rings (SSSR count). The van der Waals surface area contributed by atoms with Gasteiger partial charge in [-0.05, 0) is 6.07 Å². The SMILES string of the molecule is CC(C(=O)Nc1cccc([N+](=O)[O-])c1)[n+]1ccccc1. The van der Waals surface area contributed by atoms with E-state index in [2.05, 4.69) is 5.32 Å². The van der Waals surface area contributed by atoms with Gasteiger partial charge in [-0.3, -0.25) is 14.9 Å². The molecule has 102 valence electrons. The van der Waals surface area contributed by atoms with Crippen LogP contribution in [0.2, 0.25) is 0 Å². The predicted molar refractivity (Wildman–Crippen MR) is 73.1 cm³/mol. The molecule has 1 atom stereocenters. The van der Waals surface area contributed by atoms with Gasteiger partial charge in [0.1, 0.15) is 0 Å². The van der Waals surface area contributed by atoms with Crippen LogP contribution < -0.4 is 9.88 Å². The van der Waals surface area contributed by atoms with Crippen LogP contribution in [-0.2, 0) is 4.79 Å². The molecule has 6 heteroatoms. The van der Waals surface area contributed by atoms with E-state index in [0.29, 0.717) is 5.69 Å². The van der Waals surface area contributed by atoms with Gasteiger partial charge >= 0.3 is 0 Å². The smallest absolute Gasteiger partial charge is 0.293 e. The highest BCUT2D eigenvalue weighted by Crippen LogP contribution is 2.17. The summed E-state index contributed by atoms with van der Waals surface area (Å²) in [4.78, 5) is 22.3. The van der Waals surface area contributed by atoms with Crippen molar-refractivity contribution in [1.82, 2.24) is 0 Å². The summed E-state index contributed by atoms with van der Waals surface area (Å²) in [5.74, 6) is -0.235. The zero-order chi connectivity index (χ0) is 14.5. The van der Waals surface area contributed by atoms with E-state index in [1.807, 2.05) is 18.2 Å². The molecular weight excluding hydrogens is 258 g/mol. The lowest BCUT2D eigenvalue weighted by molar-refractivity contribution is -0.705. The highest BCUT2D eigenvalue weighted by molar-refractivity contribution is 5.92. The number of rotatable bonds is 4. The molecule has 1 aromatic heterocycles. The van der Waals surface area contributed by atoms with Crippen molar-refractivity contribution in [3.05, 3.63) is 65.0 Å². The van der Waals surface area contributed by atoms with Crippen molar-refractivity contribution in [2.45, 2.75) is 13.0 Å². The fourth-order valence-corrected chi connectivity index (χ4v) is 1.75. The predicted octanol–water partition coefficient (Wildman–Crippen LogP) is 2.08. The molecule has 0 aliphatic heterocycles. The maximum Gasteiger partial charge on any atom is 0.293 e. The Morgan fingerprint density at radius 2 is 1.95 bits per heavy atom. The summed E-state index contributed by atoms with van der Waals surface area (Å²) >= 11 is 0. The highest BCUT2D eigenvalue weighted by atomic mass is 16.6. The molecule has 20 heavy (non-hydrogen) atoms. The van der Waals surface area contributed by atoms with E-state index in [-0.39, 0.29) is 11.6 Å². The number of nitrogens with one attached hydrogen (secondary N) is 1. The van der Waals surface area contributed by atoms with E-state index in [4.69, 9.17) is 0 Å². The third-order valence-electron chi connectivity index (χ3n) is 2.89. The third kappa shape index (κ3) is 3.17. The number of nitro groups is 1. The third-order valence-corrected chi connectivity index (χ3v) is 2.89. The Morgan fingerprint density at radius 3 is 2.60 bits per heavy atom. The number of hydrogen-bond acceptors (Lipinski definition) is 3. The van der Waals surface area contributed by atoms with Crippen LogP contribution in [-0.4, -0.2) is 10.8 Å². The fourth-order valence-electron chi connectivity index (χ4n) is 1.75. The molecule has 0 spiro atoms. The van der Waals surface area contributed by atoms with E-state index in [1.54, 1.807) is 30.0 Å². The molecule has 0 fully saturated rings. The van der Waals surface area contributed by atoms with E-state index < -0.39 is 11.0 Å². The average Bonchev–Trinajstić information content (AvgIpc) is 2.47. The van der Waals surface area contributed by atoms with E-state index in [9.17, 15) is 14.9 Å². The van der Waals surface area contributed by atoms with Gasteiger partial charge < -0.3 is 5.32 Å². The zero-order valence-electron chi connectivity index (χ0n) is 10.9. The average molecular weight is 272 g/mol. The van der Waals surface area contributed by atoms with E-state index >= 15 is 0 Å². The number of pyridine rings is 1. The Morgan fingerprint density at radius 1 is 1.25 bits per heavy atom. The second kappa shape index (κ2) is 5.92. The van der Waals surface area contributed by atoms with Crippen LogP contribution in [0.15, 0.2) is 54.9 Å². The number of carbonyl (C=O) groups is 1. The van der Waals surface area contributed by atoms with Gasteiger partial charge in [-0.1, -0.05) is 12.1 Å². The lowest BCUT2D eigenvalue weighted by atomic mass is 10.2. The van der Waals surface area contributed by atoms with Crippen LogP contribution in [0.5, 0.6) is 0 Å². The van der Waals surface area contributed by atoms with Gasteiger partial charge in [0.05, 0.1) is 4.92 Å². The molecule has 1 aromatic carbocycles. The molecule has 0 radical (unpaired) electrons. The summed E-state index contributed by atoms with van der Waals surface area (Å²) in [6, 6.07) is 11.0. The topological polar surface area (TPSA) is 76.1 Å². The molecule has 1 amide bonds. The van der Waals surface area contributed by atoms with Crippen molar-refractivity contribution in [3.63, 3.8) is 0 Å². The Balaban J connectivity index is 2.12. The van der Waals surface area contributed by atoms with Gasteiger partial charge in [0.2, 0.25) is 6.04 Å². The summed E-state index contributed by atoms with van der Waals surface area (Å²) < 4.78 is 1.76. The monoisotopic (exact) mass is 272 g/mol. The van der Waals surface area contributed by atoms with Gasteiger partial charge in [0, 0.05) is 36.9 Å². The van der Waals surface area contributed by atoms with Gasteiger partial charge in [0.15, 0.2) is 12.4 Å². The Kier molecular flexibility index (Phi) is 4.05. The Hall–Kier alpha value is -2.76. The lowest BCUT2D eigenvalue weighted by Gasteiger charge is -2.08. The Bertz CT molecular complexity index is 629. The molecule has 0 saturated carbocycles. The van der Waals surface area contributed by atoms with Crippen LogP contribution in [0, 0.1) is 10.1 Å². The molecule has 1 heterocycles. The van der Waals surface area contributed by atoms with Crippen LogP contribution in [0.1, 0.15) is 13.0 Å². The number of nitrogens with zero attached hydrogens (tertiary/aromatic N) is 2. The maximum absolute atomic E-state index is 12.1. The van der Waals surface area contributed by atoms with Gasteiger partial charge in [-0.25, -0.2) is 0 Å². The molecule has 6 nitrogen and oxygen atoms in total. The number of hydrogen-bond donors (Lipinski definition) is 1. The highest BCUT2D eigenvalue weighted by Gasteiger charge is 2.21. The van der Waals surface area contributed by atoms with E-state index in [0.717, 1.165) is 0 Å². The first-order valence-corrected chi connectivity index (χ1v) is 6.09. The summed E-state index contributed by atoms with van der Waals surface area (Å²) in [6.45, 7) is 1.76. The van der Waals surface area contributed by atoms with E-state index in [1.165, 1.54) is 18.2 Å². The second-order valence-corrected chi connectivity index (χ2v) is 4.30. The van der Waals surface area contributed by atoms with Gasteiger partial charge in [0.25, 0.3) is 11.6 Å². The van der Waals surface area contributed by atoms with Crippen molar-refractivity contribution < 1.29 is 14.3 Å². The standard InChI is InChI=1S/C14H13N3O3/c1-11(16-8-3-2-4-9-16)14(18)15-12-6-5-7-13(10-12)17(19)20/h2-11H,1H3/p+1. The number of carbonyl (C=O) groups excluding carboxylic acids is 1. The quantitative estimate of drug-likeness (QED) is 0.526. The number of non-ortho nitro benzene ring substituents is 1.